The summed E-state index contributed by atoms with van der Waals surface area (Å²) >= 11 is 0. The lowest BCUT2D eigenvalue weighted by Crippen LogP contribution is -2.09. The van der Waals surface area contributed by atoms with E-state index in [2.05, 4.69) is 80.7 Å². The minimum absolute atomic E-state index is 0.0509. The smallest absolute Gasteiger partial charge is 0.310 e. The zero-order chi connectivity index (χ0) is 32.6. The fourth-order valence-corrected chi connectivity index (χ4v) is 4.17. The monoisotopic (exact) mass is 587 g/mol. The molecule has 0 bridgehead atoms. The summed E-state index contributed by atoms with van der Waals surface area (Å²) in [5.74, 6) is 1.54. The maximum Gasteiger partial charge on any atom is 0.310 e. The van der Waals surface area contributed by atoms with Crippen LogP contribution in [0, 0.1) is 25.7 Å². The number of benzene rings is 1. The van der Waals surface area contributed by atoms with E-state index in [4.69, 9.17) is 9.76 Å². The van der Waals surface area contributed by atoms with E-state index in [9.17, 15) is 4.79 Å². The average molecular weight is 587 g/mol. The second-order valence-electron chi connectivity index (χ2n) is 11.5. The Labute approximate surface area is 264 Å². The number of rotatable bonds is 19. The Morgan fingerprint density at radius 2 is 1.50 bits per heavy atom. The number of hydrogen-bond donors (Lipinski definition) is 1. The lowest BCUT2D eigenvalue weighted by Gasteiger charge is -2.10. The third-order valence-electron chi connectivity index (χ3n) is 7.60. The molecule has 1 aromatic rings. The maximum absolute atomic E-state index is 11.5. The largest absolute Gasteiger partial charge is 0.465 e. The highest BCUT2D eigenvalue weighted by atomic mass is 16.5. The second-order valence-corrected chi connectivity index (χ2v) is 11.5. The first-order valence-corrected chi connectivity index (χ1v) is 17.3. The molecule has 0 radical (unpaired) electrons. The van der Waals surface area contributed by atoms with E-state index in [-0.39, 0.29) is 12.9 Å². The van der Waals surface area contributed by atoms with Crippen LogP contribution in [0.4, 0.5) is 0 Å². The quantitative estimate of drug-likeness (QED) is 0.0759. The minimum atomic E-state index is -0.128. The third kappa shape index (κ3) is 29.7. The third-order valence-corrected chi connectivity index (χ3v) is 7.60. The lowest BCUT2D eigenvalue weighted by molar-refractivity contribution is -0.142. The van der Waals surface area contributed by atoms with Crippen LogP contribution in [0.15, 0.2) is 43.5 Å². The van der Waals surface area contributed by atoms with Crippen molar-refractivity contribution in [3.8, 4) is 0 Å². The molecular formula is C38H71BO3. The van der Waals surface area contributed by atoms with Crippen LogP contribution in [0.25, 0.3) is 0 Å². The van der Waals surface area contributed by atoms with Gasteiger partial charge < -0.3 is 9.76 Å². The summed E-state index contributed by atoms with van der Waals surface area (Å²) in [5.41, 5.74) is 3.51. The molecule has 0 aromatic heterocycles. The van der Waals surface area contributed by atoms with E-state index >= 15 is 0 Å². The van der Waals surface area contributed by atoms with Crippen LogP contribution >= 0.6 is 0 Å². The molecule has 0 aliphatic carbocycles. The molecule has 0 saturated carbocycles. The van der Waals surface area contributed by atoms with Crippen LogP contribution in [0.2, 0.25) is 12.6 Å². The summed E-state index contributed by atoms with van der Waals surface area (Å²) in [6.45, 7) is 27.3. The van der Waals surface area contributed by atoms with Crippen molar-refractivity contribution in [3.63, 3.8) is 0 Å². The Morgan fingerprint density at radius 3 is 1.93 bits per heavy atom. The summed E-state index contributed by atoms with van der Waals surface area (Å²) in [7, 11) is 0. The van der Waals surface area contributed by atoms with Gasteiger partial charge in [-0.1, -0.05) is 137 Å². The summed E-state index contributed by atoms with van der Waals surface area (Å²) in [6, 6.07) is 6.09. The van der Waals surface area contributed by atoms with Gasteiger partial charge in [0.1, 0.15) is 0 Å². The van der Waals surface area contributed by atoms with Crippen LogP contribution in [0.5, 0.6) is 0 Å². The number of esters is 1. The normalized spacial score (nSPS) is 11.3. The van der Waals surface area contributed by atoms with Gasteiger partial charge in [-0.15, -0.1) is 13.2 Å². The Morgan fingerprint density at radius 1 is 0.881 bits per heavy atom. The van der Waals surface area contributed by atoms with Crippen molar-refractivity contribution in [1.82, 2.24) is 0 Å². The predicted octanol–water partition coefficient (Wildman–Crippen LogP) is 11.8. The molecule has 1 aromatic carbocycles. The van der Waals surface area contributed by atoms with Crippen molar-refractivity contribution in [2.24, 2.45) is 11.8 Å². The van der Waals surface area contributed by atoms with Gasteiger partial charge in [-0.3, -0.25) is 4.79 Å². The lowest BCUT2D eigenvalue weighted by atomic mass is 9.62. The predicted molar refractivity (Wildman–Crippen MR) is 191 cm³/mol. The van der Waals surface area contributed by atoms with Crippen molar-refractivity contribution < 1.29 is 14.6 Å². The SMILES string of the molecule is C=CC(CC)CCCC.C=CCC(CC)CCCC.CCCB(O)CC.CCCCOC(=O)Cc1ccc(C)c(C)c1. The van der Waals surface area contributed by atoms with Gasteiger partial charge in [0.15, 0.2) is 0 Å². The number of carbonyl (C=O) groups excluding carboxylic acids is 1. The number of aryl methyl sites for hydroxylation is 2. The highest BCUT2D eigenvalue weighted by Crippen LogP contribution is 2.16. The number of unbranched alkanes of at least 4 members (excludes halogenated alkanes) is 3. The fraction of sp³-hybridized carbons (Fsp3) is 0.711. The van der Waals surface area contributed by atoms with E-state index in [1.54, 1.807) is 0 Å². The van der Waals surface area contributed by atoms with Crippen molar-refractivity contribution in [2.75, 3.05) is 6.61 Å². The van der Waals surface area contributed by atoms with Crippen LogP contribution in [-0.4, -0.2) is 24.5 Å². The first-order valence-electron chi connectivity index (χ1n) is 17.3. The molecule has 0 amide bonds. The molecule has 0 aliphatic heterocycles. The van der Waals surface area contributed by atoms with Crippen LogP contribution in [0.1, 0.15) is 142 Å². The molecule has 0 saturated heterocycles. The van der Waals surface area contributed by atoms with E-state index in [1.807, 2.05) is 25.1 Å². The number of hydrogen-bond acceptors (Lipinski definition) is 3. The van der Waals surface area contributed by atoms with E-state index in [0.29, 0.717) is 13.0 Å². The van der Waals surface area contributed by atoms with Gasteiger partial charge >= 0.3 is 5.97 Å². The first kappa shape index (κ1) is 44.6. The van der Waals surface area contributed by atoms with Gasteiger partial charge in [0.2, 0.25) is 0 Å². The molecule has 4 heteroatoms. The second kappa shape index (κ2) is 33.7. The van der Waals surface area contributed by atoms with Crippen LogP contribution < -0.4 is 0 Å². The minimum Gasteiger partial charge on any atom is -0.465 e. The summed E-state index contributed by atoms with van der Waals surface area (Å²) < 4.78 is 5.12. The zero-order valence-corrected chi connectivity index (χ0v) is 29.6. The van der Waals surface area contributed by atoms with Gasteiger partial charge in [0.25, 0.3) is 6.92 Å². The molecule has 2 atom stereocenters. The molecule has 0 fully saturated rings. The van der Waals surface area contributed by atoms with E-state index in [1.165, 1.54) is 68.9 Å². The number of ether oxygens (including phenoxy) is 1. The Balaban J connectivity index is -0.000000511. The Bertz CT molecular complexity index is 746. The van der Waals surface area contributed by atoms with Crippen molar-refractivity contribution in [2.45, 2.75) is 158 Å². The molecule has 1 N–H and O–H groups in total. The standard InChI is InChI=1S/C14H20O2.C10H20.C9H18.C5H13BO/c1-4-5-8-16-14(15)10-13-7-6-11(2)12(3)9-13;1-4-7-9-10(6-3)8-5-2;1-4-7-8-9(5-2)6-3;1-3-5-6(7)4-2/h6-7,9H,4-5,8,10H2,1-3H3;5,10H,2,4,6-9H2,1,3H3;5,9H,2,4,6-8H2,1,3H3;7H,3-5H2,1-2H3. The van der Waals surface area contributed by atoms with Gasteiger partial charge in [0, 0.05) is 0 Å². The molecule has 244 valence electrons. The first-order chi connectivity index (χ1) is 20.1. The topological polar surface area (TPSA) is 46.5 Å². The molecule has 0 heterocycles. The van der Waals surface area contributed by atoms with E-state index in [0.717, 1.165) is 49.3 Å². The Kier molecular flexibility index (Phi) is 35.8. The van der Waals surface area contributed by atoms with E-state index < -0.39 is 0 Å². The van der Waals surface area contributed by atoms with Crippen LogP contribution in [0.3, 0.4) is 0 Å². The highest BCUT2D eigenvalue weighted by molar-refractivity contribution is 6.50. The zero-order valence-electron chi connectivity index (χ0n) is 29.6. The summed E-state index contributed by atoms with van der Waals surface area (Å²) in [6.07, 6.45) is 21.3. The molecule has 0 aliphatic rings. The van der Waals surface area contributed by atoms with Crippen molar-refractivity contribution in [1.29, 1.82) is 0 Å². The average Bonchev–Trinajstić information content (AvgIpc) is 2.99. The summed E-state index contributed by atoms with van der Waals surface area (Å²) in [5, 5.41) is 8.86. The molecular weight excluding hydrogens is 515 g/mol. The van der Waals surface area contributed by atoms with Crippen molar-refractivity contribution in [3.05, 3.63) is 60.2 Å². The highest BCUT2D eigenvalue weighted by Gasteiger charge is 2.05. The number of allylic oxidation sites excluding steroid dienone is 2. The van der Waals surface area contributed by atoms with Gasteiger partial charge in [-0.25, -0.2) is 0 Å². The van der Waals surface area contributed by atoms with Gasteiger partial charge in [0.05, 0.1) is 13.0 Å². The maximum atomic E-state index is 11.5. The fourth-order valence-electron chi connectivity index (χ4n) is 4.17. The van der Waals surface area contributed by atoms with Gasteiger partial charge in [-0.05, 0) is 74.4 Å². The van der Waals surface area contributed by atoms with Crippen LogP contribution in [-0.2, 0) is 16.0 Å². The molecule has 1 rings (SSSR count). The molecule has 42 heavy (non-hydrogen) atoms. The number of carbonyl (C=O) groups is 1. The molecule has 0 spiro atoms. The Hall–Kier alpha value is -1.81. The van der Waals surface area contributed by atoms with Crippen molar-refractivity contribution >= 4 is 12.9 Å². The summed E-state index contributed by atoms with van der Waals surface area (Å²) in [4.78, 5) is 11.5. The molecule has 3 nitrogen and oxygen atoms in total. The van der Waals surface area contributed by atoms with Gasteiger partial charge in [-0.2, -0.15) is 0 Å². The molecule has 2 unspecified atom stereocenters.